The Morgan fingerprint density at radius 3 is 2.58 bits per heavy atom. The summed E-state index contributed by atoms with van der Waals surface area (Å²) in [6.07, 6.45) is 0.275. The topological polar surface area (TPSA) is 32.8 Å². The van der Waals surface area contributed by atoms with Gasteiger partial charge in [0.25, 0.3) is 0 Å². The molecule has 1 amide bonds. The maximum atomic E-state index is 13.2. The summed E-state index contributed by atoms with van der Waals surface area (Å²) in [6, 6.07) is 5.91. The number of amides is 1. The quantitative estimate of drug-likeness (QED) is 0.823. The molecule has 0 radical (unpaired) electrons. The lowest BCUT2D eigenvalue weighted by atomic mass is 9.80. The van der Waals surface area contributed by atoms with E-state index >= 15 is 0 Å². The van der Waals surface area contributed by atoms with E-state index in [0.717, 1.165) is 0 Å². The van der Waals surface area contributed by atoms with E-state index in [2.05, 4.69) is 4.90 Å². The van der Waals surface area contributed by atoms with Crippen LogP contribution in [0.15, 0.2) is 24.3 Å². The standard InChI is InChI=1S/C19H23F3N2O2/c20-15-1-3-16(4-2-15)24-12-18(9-17(24)25)11-23(5-6-26-13-18)10-14-7-19(21,22)8-14/h1-4,14H,5-13H2. The Hall–Kier alpha value is -1.60. The van der Waals surface area contributed by atoms with Crippen LogP contribution in [0.4, 0.5) is 18.9 Å². The molecule has 2 aliphatic heterocycles. The van der Waals surface area contributed by atoms with E-state index in [-0.39, 0.29) is 35.9 Å². The molecule has 1 aromatic carbocycles. The van der Waals surface area contributed by atoms with Crippen LogP contribution in [0.3, 0.4) is 0 Å². The monoisotopic (exact) mass is 368 g/mol. The maximum Gasteiger partial charge on any atom is 0.248 e. The minimum absolute atomic E-state index is 0.00256. The molecule has 0 bridgehead atoms. The fraction of sp³-hybridized carbons (Fsp3) is 0.632. The summed E-state index contributed by atoms with van der Waals surface area (Å²) >= 11 is 0. The smallest absolute Gasteiger partial charge is 0.248 e. The highest BCUT2D eigenvalue weighted by molar-refractivity contribution is 5.96. The molecule has 1 unspecified atom stereocenters. The van der Waals surface area contributed by atoms with Gasteiger partial charge in [-0.25, -0.2) is 13.2 Å². The molecule has 4 nitrogen and oxygen atoms in total. The van der Waals surface area contributed by atoms with Crippen molar-refractivity contribution in [3.63, 3.8) is 0 Å². The predicted molar refractivity (Wildman–Crippen MR) is 90.7 cm³/mol. The van der Waals surface area contributed by atoms with Gasteiger partial charge in [0.15, 0.2) is 0 Å². The first-order valence-electron chi connectivity index (χ1n) is 9.08. The molecule has 4 rings (SSSR count). The molecule has 1 spiro atoms. The third-order valence-electron chi connectivity index (χ3n) is 5.67. The number of ether oxygens (including phenoxy) is 1. The lowest BCUT2D eigenvalue weighted by Crippen LogP contribution is -2.46. The highest BCUT2D eigenvalue weighted by atomic mass is 19.3. The molecular weight excluding hydrogens is 345 g/mol. The molecule has 0 N–H and O–H groups in total. The van der Waals surface area contributed by atoms with Crippen molar-refractivity contribution in [3.05, 3.63) is 30.1 Å². The van der Waals surface area contributed by atoms with Gasteiger partial charge >= 0.3 is 0 Å². The van der Waals surface area contributed by atoms with Gasteiger partial charge in [0.2, 0.25) is 11.8 Å². The summed E-state index contributed by atoms with van der Waals surface area (Å²) in [5.41, 5.74) is 0.344. The van der Waals surface area contributed by atoms with Crippen molar-refractivity contribution < 1.29 is 22.7 Å². The summed E-state index contributed by atoms with van der Waals surface area (Å²) in [7, 11) is 0. The van der Waals surface area contributed by atoms with Crippen molar-refractivity contribution in [2.45, 2.75) is 25.2 Å². The Labute approximate surface area is 150 Å². The first-order valence-corrected chi connectivity index (χ1v) is 9.08. The number of hydrogen-bond acceptors (Lipinski definition) is 3. The fourth-order valence-electron chi connectivity index (χ4n) is 4.47. The van der Waals surface area contributed by atoms with Crippen molar-refractivity contribution in [3.8, 4) is 0 Å². The van der Waals surface area contributed by atoms with E-state index in [1.165, 1.54) is 12.1 Å². The van der Waals surface area contributed by atoms with E-state index in [1.54, 1.807) is 17.0 Å². The zero-order valence-electron chi connectivity index (χ0n) is 14.6. The van der Waals surface area contributed by atoms with Gasteiger partial charge in [-0.2, -0.15) is 0 Å². The average Bonchev–Trinajstić information content (AvgIpc) is 2.74. The van der Waals surface area contributed by atoms with E-state index in [1.807, 2.05) is 0 Å². The second-order valence-corrected chi connectivity index (χ2v) is 8.05. The molecule has 2 saturated heterocycles. The third kappa shape index (κ3) is 3.60. The summed E-state index contributed by atoms with van der Waals surface area (Å²) < 4.78 is 45.1. The van der Waals surface area contributed by atoms with Crippen molar-refractivity contribution in [1.29, 1.82) is 0 Å². The van der Waals surface area contributed by atoms with Crippen LogP contribution < -0.4 is 4.90 Å². The lowest BCUT2D eigenvalue weighted by Gasteiger charge is -2.39. The summed E-state index contributed by atoms with van der Waals surface area (Å²) in [5, 5.41) is 0. The Kier molecular flexibility index (Phi) is 4.47. The van der Waals surface area contributed by atoms with E-state index in [9.17, 15) is 18.0 Å². The van der Waals surface area contributed by atoms with E-state index in [0.29, 0.717) is 51.5 Å². The number of carbonyl (C=O) groups is 1. The number of rotatable bonds is 3. The minimum Gasteiger partial charge on any atom is -0.379 e. The molecule has 7 heteroatoms. The summed E-state index contributed by atoms with van der Waals surface area (Å²) in [6.45, 7) is 3.54. The van der Waals surface area contributed by atoms with Crippen LogP contribution in [0.1, 0.15) is 19.3 Å². The van der Waals surface area contributed by atoms with Gasteiger partial charge in [-0.3, -0.25) is 4.79 Å². The minimum atomic E-state index is -2.51. The van der Waals surface area contributed by atoms with E-state index in [4.69, 9.17) is 4.74 Å². The van der Waals surface area contributed by atoms with Crippen LogP contribution in [-0.2, 0) is 9.53 Å². The van der Waals surface area contributed by atoms with Crippen molar-refractivity contribution in [2.75, 3.05) is 44.3 Å². The van der Waals surface area contributed by atoms with Gasteiger partial charge in [0, 0.05) is 56.5 Å². The Morgan fingerprint density at radius 1 is 1.15 bits per heavy atom. The number of hydrogen-bond donors (Lipinski definition) is 0. The molecule has 1 saturated carbocycles. The van der Waals surface area contributed by atoms with Gasteiger partial charge in [0.05, 0.1) is 13.2 Å². The Morgan fingerprint density at radius 2 is 1.88 bits per heavy atom. The van der Waals surface area contributed by atoms with Gasteiger partial charge in [-0.1, -0.05) is 0 Å². The maximum absolute atomic E-state index is 13.2. The summed E-state index contributed by atoms with van der Waals surface area (Å²) in [4.78, 5) is 16.4. The highest BCUT2D eigenvalue weighted by Gasteiger charge is 2.49. The molecular formula is C19H23F3N2O2. The number of alkyl halides is 2. The second kappa shape index (κ2) is 6.53. The molecule has 0 aromatic heterocycles. The van der Waals surface area contributed by atoms with Crippen molar-refractivity contribution >= 4 is 11.6 Å². The highest BCUT2D eigenvalue weighted by Crippen LogP contribution is 2.43. The SMILES string of the molecule is O=C1CC2(COCCN(CC3CC(F)(F)C3)C2)CN1c1ccc(F)cc1. The lowest BCUT2D eigenvalue weighted by molar-refractivity contribution is -0.118. The first-order chi connectivity index (χ1) is 12.3. The number of benzene rings is 1. The number of anilines is 1. The molecule has 1 aromatic rings. The normalized spacial score (nSPS) is 29.8. The second-order valence-electron chi connectivity index (χ2n) is 8.05. The van der Waals surface area contributed by atoms with Crippen LogP contribution in [0.25, 0.3) is 0 Å². The average molecular weight is 368 g/mol. The molecule has 1 atom stereocenters. The molecule has 2 heterocycles. The molecule has 1 aliphatic carbocycles. The number of halogens is 3. The third-order valence-corrected chi connectivity index (χ3v) is 5.67. The van der Waals surface area contributed by atoms with Crippen LogP contribution in [0.5, 0.6) is 0 Å². The number of nitrogens with zero attached hydrogens (tertiary/aromatic N) is 2. The van der Waals surface area contributed by atoms with Gasteiger partial charge in [-0.05, 0) is 30.2 Å². The van der Waals surface area contributed by atoms with Crippen LogP contribution >= 0.6 is 0 Å². The van der Waals surface area contributed by atoms with Crippen LogP contribution in [-0.4, -0.2) is 56.1 Å². The molecule has 142 valence electrons. The number of carbonyl (C=O) groups excluding carboxylic acids is 1. The van der Waals surface area contributed by atoms with Crippen LogP contribution in [0, 0.1) is 17.2 Å². The molecule has 3 aliphatic rings. The fourth-order valence-corrected chi connectivity index (χ4v) is 4.47. The zero-order chi connectivity index (χ0) is 18.4. The van der Waals surface area contributed by atoms with E-state index < -0.39 is 5.92 Å². The molecule has 3 fully saturated rings. The Bertz CT molecular complexity index is 674. The zero-order valence-corrected chi connectivity index (χ0v) is 14.6. The van der Waals surface area contributed by atoms with Crippen molar-refractivity contribution in [2.24, 2.45) is 11.3 Å². The Balaban J connectivity index is 1.45. The van der Waals surface area contributed by atoms with Crippen LogP contribution in [0.2, 0.25) is 0 Å². The van der Waals surface area contributed by atoms with Gasteiger partial charge in [0.1, 0.15) is 5.82 Å². The van der Waals surface area contributed by atoms with Crippen molar-refractivity contribution in [1.82, 2.24) is 4.90 Å². The first kappa shape index (κ1) is 17.8. The predicted octanol–water partition coefficient (Wildman–Crippen LogP) is 2.93. The molecule has 26 heavy (non-hydrogen) atoms. The van der Waals surface area contributed by atoms with Gasteiger partial charge in [-0.15, -0.1) is 0 Å². The van der Waals surface area contributed by atoms with Gasteiger partial charge < -0.3 is 14.5 Å². The largest absolute Gasteiger partial charge is 0.379 e. The summed E-state index contributed by atoms with van der Waals surface area (Å²) in [5.74, 6) is -2.83.